The lowest BCUT2D eigenvalue weighted by Crippen LogP contribution is -2.45. The first-order chi connectivity index (χ1) is 19.4. The molecule has 0 bridgehead atoms. The third-order valence-electron chi connectivity index (χ3n) is 6.25. The monoisotopic (exact) mass is 574 g/mol. The van der Waals surface area contributed by atoms with Crippen LogP contribution in [-0.4, -0.2) is 44.3 Å². The van der Waals surface area contributed by atoms with Crippen LogP contribution in [0.1, 0.15) is 44.7 Å². The van der Waals surface area contributed by atoms with Gasteiger partial charge in [-0.25, -0.2) is 13.1 Å². The van der Waals surface area contributed by atoms with E-state index in [4.69, 9.17) is 9.57 Å². The third kappa shape index (κ3) is 6.80. The van der Waals surface area contributed by atoms with Gasteiger partial charge in [-0.05, 0) is 56.7 Å². The van der Waals surface area contributed by atoms with Crippen molar-refractivity contribution in [2.45, 2.75) is 49.6 Å². The molecule has 1 amide bonds. The zero-order valence-corrected chi connectivity index (χ0v) is 23.9. The van der Waals surface area contributed by atoms with E-state index in [1.165, 1.54) is 13.2 Å². The van der Waals surface area contributed by atoms with Gasteiger partial charge in [0.2, 0.25) is 15.6 Å². The number of benzene rings is 3. The summed E-state index contributed by atoms with van der Waals surface area (Å²) in [5, 5.41) is 16.1. The van der Waals surface area contributed by atoms with E-state index in [2.05, 4.69) is 21.3 Å². The predicted octanol–water partition coefficient (Wildman–Crippen LogP) is 4.37. The van der Waals surface area contributed by atoms with Gasteiger partial charge in [-0.2, -0.15) is 5.26 Å². The van der Waals surface area contributed by atoms with Gasteiger partial charge in [-0.15, -0.1) is 0 Å². The average Bonchev–Trinajstić information content (AvgIpc) is 3.37. The Morgan fingerprint density at radius 2 is 1.76 bits per heavy atom. The molecule has 3 aromatic carbocycles. The van der Waals surface area contributed by atoms with Crippen LogP contribution in [0, 0.1) is 11.3 Å². The SMILES string of the molecule is COC(=O)C[C@@]1(C(=O)Nc2ccc(-c3ccccc3S(=O)(=O)NC(C)(C)C)cc2)CC(c2cccc(C#N)c2)=NO1. The number of carbonyl (C=O) groups is 2. The van der Waals surface area contributed by atoms with Crippen molar-refractivity contribution >= 4 is 33.3 Å². The van der Waals surface area contributed by atoms with Crippen LogP contribution >= 0.6 is 0 Å². The van der Waals surface area contributed by atoms with Crippen molar-refractivity contribution in [2.75, 3.05) is 12.4 Å². The average molecular weight is 575 g/mol. The van der Waals surface area contributed by atoms with E-state index in [1.54, 1.807) is 87.5 Å². The largest absolute Gasteiger partial charge is 0.469 e. The van der Waals surface area contributed by atoms with Crippen LogP contribution in [0.25, 0.3) is 11.1 Å². The van der Waals surface area contributed by atoms with Crippen LogP contribution in [0.3, 0.4) is 0 Å². The van der Waals surface area contributed by atoms with E-state index in [9.17, 15) is 23.3 Å². The molecule has 0 radical (unpaired) electrons. The molecule has 2 N–H and O–H groups in total. The van der Waals surface area contributed by atoms with Crippen molar-refractivity contribution in [3.63, 3.8) is 0 Å². The Kier molecular flexibility index (Phi) is 8.28. The van der Waals surface area contributed by atoms with Gasteiger partial charge in [0.1, 0.15) is 0 Å². The fourth-order valence-electron chi connectivity index (χ4n) is 4.38. The lowest BCUT2D eigenvalue weighted by Gasteiger charge is -2.24. The van der Waals surface area contributed by atoms with Crippen LogP contribution in [0.2, 0.25) is 0 Å². The first-order valence-corrected chi connectivity index (χ1v) is 14.2. The predicted molar refractivity (Wildman–Crippen MR) is 153 cm³/mol. The van der Waals surface area contributed by atoms with E-state index in [0.29, 0.717) is 33.7 Å². The molecular formula is C30H30N4O6S. The molecule has 11 heteroatoms. The Bertz CT molecular complexity index is 1650. The maximum absolute atomic E-state index is 13.5. The highest BCUT2D eigenvalue weighted by atomic mass is 32.2. The minimum atomic E-state index is -3.80. The molecule has 41 heavy (non-hydrogen) atoms. The van der Waals surface area contributed by atoms with E-state index in [-0.39, 0.29) is 17.7 Å². The number of oxime groups is 1. The standard InChI is InChI=1S/C30H30N4O6S/c1-29(2,3)34-41(37,38)26-11-6-5-10-24(26)21-12-14-23(15-13-21)32-28(36)30(18-27(35)39-4)17-25(33-40-30)22-9-7-8-20(16-22)19-31/h5-16,34H,17-18H2,1-4H3,(H,32,36)/t30-/m1/s1. The molecule has 0 saturated heterocycles. The van der Waals surface area contributed by atoms with Gasteiger partial charge in [-0.3, -0.25) is 9.59 Å². The summed E-state index contributed by atoms with van der Waals surface area (Å²) in [5.41, 5.74) is 0.640. The first-order valence-electron chi connectivity index (χ1n) is 12.7. The molecule has 1 aliphatic heterocycles. The molecule has 3 aromatic rings. The number of esters is 1. The van der Waals surface area contributed by atoms with E-state index in [1.807, 2.05) is 0 Å². The van der Waals surface area contributed by atoms with Crippen molar-refractivity contribution in [3.8, 4) is 17.2 Å². The molecule has 10 nitrogen and oxygen atoms in total. The van der Waals surface area contributed by atoms with Gasteiger partial charge in [0.05, 0.1) is 35.8 Å². The molecule has 212 valence electrons. The number of sulfonamides is 1. The summed E-state index contributed by atoms with van der Waals surface area (Å²) in [4.78, 5) is 31.5. The molecule has 1 atom stereocenters. The summed E-state index contributed by atoms with van der Waals surface area (Å²) in [7, 11) is -2.59. The van der Waals surface area contributed by atoms with Gasteiger partial charge in [0.15, 0.2) is 0 Å². The minimum Gasteiger partial charge on any atom is -0.469 e. The number of rotatable bonds is 8. The highest BCUT2D eigenvalue weighted by Crippen LogP contribution is 2.33. The zero-order valence-electron chi connectivity index (χ0n) is 23.1. The molecule has 0 spiro atoms. The Labute approximate surface area is 239 Å². The van der Waals surface area contributed by atoms with Crippen LogP contribution in [0.5, 0.6) is 0 Å². The smallest absolute Gasteiger partial charge is 0.310 e. The van der Waals surface area contributed by atoms with Crippen LogP contribution < -0.4 is 10.0 Å². The number of carbonyl (C=O) groups excluding carboxylic acids is 2. The summed E-state index contributed by atoms with van der Waals surface area (Å²) in [6.07, 6.45) is -0.405. The van der Waals surface area contributed by atoms with Crippen LogP contribution in [0.4, 0.5) is 5.69 Å². The Balaban J connectivity index is 1.57. The topological polar surface area (TPSA) is 147 Å². The second-order valence-electron chi connectivity index (χ2n) is 10.6. The van der Waals surface area contributed by atoms with Gasteiger partial charge >= 0.3 is 5.97 Å². The molecule has 0 aromatic heterocycles. The summed E-state index contributed by atoms with van der Waals surface area (Å²) in [6, 6.07) is 22.1. The molecule has 0 fully saturated rings. The third-order valence-corrected chi connectivity index (χ3v) is 8.07. The number of anilines is 1. The van der Waals surface area contributed by atoms with Crippen LogP contribution in [-0.2, 0) is 29.2 Å². The fraction of sp³-hybridized carbons (Fsp3) is 0.267. The molecule has 0 aliphatic carbocycles. The molecule has 0 unspecified atom stereocenters. The molecule has 1 heterocycles. The number of hydrogen-bond acceptors (Lipinski definition) is 8. The summed E-state index contributed by atoms with van der Waals surface area (Å²) in [5.74, 6) is -1.26. The summed E-state index contributed by atoms with van der Waals surface area (Å²) < 4.78 is 33.6. The normalized spacial score (nSPS) is 16.7. The quantitative estimate of drug-likeness (QED) is 0.380. The highest BCUT2D eigenvalue weighted by molar-refractivity contribution is 7.89. The second kappa shape index (κ2) is 11.5. The number of hydrogen-bond donors (Lipinski definition) is 2. The molecule has 0 saturated carbocycles. The number of nitriles is 1. The van der Waals surface area contributed by atoms with Gasteiger partial charge in [0.25, 0.3) is 5.91 Å². The Morgan fingerprint density at radius 3 is 2.41 bits per heavy atom. The number of nitrogens with one attached hydrogen (secondary N) is 2. The minimum absolute atomic E-state index is 0.0209. The van der Waals surface area contributed by atoms with Crippen molar-refractivity contribution < 1.29 is 27.6 Å². The Morgan fingerprint density at radius 1 is 1.05 bits per heavy atom. The number of ether oxygens (including phenoxy) is 1. The number of nitrogens with zero attached hydrogens (tertiary/aromatic N) is 2. The van der Waals surface area contributed by atoms with Gasteiger partial charge in [0, 0.05) is 28.8 Å². The molecular weight excluding hydrogens is 544 g/mol. The molecule has 1 aliphatic rings. The lowest BCUT2D eigenvalue weighted by molar-refractivity contribution is -0.155. The van der Waals surface area contributed by atoms with Crippen molar-refractivity contribution in [2.24, 2.45) is 5.16 Å². The highest BCUT2D eigenvalue weighted by Gasteiger charge is 2.49. The fourth-order valence-corrected chi connectivity index (χ4v) is 6.03. The van der Waals surface area contributed by atoms with E-state index < -0.39 is 33.0 Å². The second-order valence-corrected chi connectivity index (χ2v) is 12.3. The summed E-state index contributed by atoms with van der Waals surface area (Å²) in [6.45, 7) is 5.30. The van der Waals surface area contributed by atoms with Gasteiger partial charge in [-0.1, -0.05) is 47.6 Å². The molecule has 4 rings (SSSR count). The van der Waals surface area contributed by atoms with Crippen molar-refractivity contribution in [1.29, 1.82) is 5.26 Å². The Hall–Kier alpha value is -4.53. The van der Waals surface area contributed by atoms with Gasteiger partial charge < -0.3 is 14.9 Å². The summed E-state index contributed by atoms with van der Waals surface area (Å²) >= 11 is 0. The maximum atomic E-state index is 13.5. The first kappa shape index (κ1) is 29.5. The van der Waals surface area contributed by atoms with Crippen molar-refractivity contribution in [1.82, 2.24) is 4.72 Å². The maximum Gasteiger partial charge on any atom is 0.310 e. The van der Waals surface area contributed by atoms with E-state index >= 15 is 0 Å². The lowest BCUT2D eigenvalue weighted by atomic mass is 9.89. The number of amides is 1. The number of methoxy groups -OCH3 is 1. The zero-order chi connectivity index (χ0) is 29.8. The van der Waals surface area contributed by atoms with Crippen LogP contribution in [0.15, 0.2) is 82.8 Å². The van der Waals surface area contributed by atoms with E-state index in [0.717, 1.165) is 0 Å². The van der Waals surface area contributed by atoms with Crippen molar-refractivity contribution in [3.05, 3.63) is 83.9 Å².